The van der Waals surface area contributed by atoms with E-state index in [4.69, 9.17) is 21.1 Å². The van der Waals surface area contributed by atoms with E-state index in [9.17, 15) is 19.2 Å². The van der Waals surface area contributed by atoms with Gasteiger partial charge in [-0.25, -0.2) is 4.79 Å². The number of hydrogen-bond donors (Lipinski definition) is 4. The van der Waals surface area contributed by atoms with Gasteiger partial charge in [-0.1, -0.05) is 18.0 Å². The standard InChI is InChI=1S/C34H43ClN4O6S/c1-21-17-24(11-12-26(21)35)36-33(42)23-10-13-29(27(19-23)37-31(41)18-22-8-9-22)45-16-15-44-14-4-6-25(40)5-2-3-7-30-32-28(20-46-30)38-34(43)39-32/h10-13,17,19,22,28,30,32H,2-9,14-16,18,20H2,1H3,(H,36,42)(H,37,41)(H2,38,39,43)/t28-,30?,32-/m0/s1. The van der Waals surface area contributed by atoms with Crippen molar-refractivity contribution in [3.05, 3.63) is 52.5 Å². The summed E-state index contributed by atoms with van der Waals surface area (Å²) in [4.78, 5) is 49.4. The number of thioether (sulfide) groups is 1. The second-order valence-corrected chi connectivity index (χ2v) is 14.0. The molecule has 12 heteroatoms. The Balaban J connectivity index is 0.997. The summed E-state index contributed by atoms with van der Waals surface area (Å²) in [5.74, 6) is 1.65. The molecular formula is C34H43ClN4O6S. The van der Waals surface area contributed by atoms with Crippen LogP contribution in [-0.4, -0.2) is 66.5 Å². The van der Waals surface area contributed by atoms with Crippen molar-refractivity contribution in [1.82, 2.24) is 10.6 Å². The Hall–Kier alpha value is -3.28. The van der Waals surface area contributed by atoms with Gasteiger partial charge in [-0.2, -0.15) is 11.8 Å². The molecule has 2 aromatic rings. The highest BCUT2D eigenvalue weighted by Gasteiger charge is 2.42. The molecule has 0 bridgehead atoms. The van der Waals surface area contributed by atoms with Gasteiger partial charge in [-0.15, -0.1) is 0 Å². The minimum atomic E-state index is -0.314. The van der Waals surface area contributed by atoms with Crippen LogP contribution in [0.3, 0.4) is 0 Å². The normalized spacial score (nSPS) is 20.0. The average Bonchev–Trinajstić information content (AvgIpc) is 3.65. The number of carbonyl (C=O) groups excluding carboxylic acids is 4. The molecule has 2 aromatic carbocycles. The van der Waals surface area contributed by atoms with Crippen LogP contribution in [0.4, 0.5) is 16.2 Å². The van der Waals surface area contributed by atoms with Gasteiger partial charge in [-0.3, -0.25) is 14.4 Å². The molecule has 2 heterocycles. The zero-order valence-corrected chi connectivity index (χ0v) is 27.8. The molecular weight excluding hydrogens is 628 g/mol. The third kappa shape index (κ3) is 10.1. The number of benzene rings is 2. The summed E-state index contributed by atoms with van der Waals surface area (Å²) in [6, 6.07) is 10.6. The van der Waals surface area contributed by atoms with Gasteiger partial charge in [0.05, 0.1) is 24.4 Å². The second kappa shape index (κ2) is 16.5. The van der Waals surface area contributed by atoms with Gasteiger partial charge in [0.15, 0.2) is 0 Å². The Bertz CT molecular complexity index is 1420. The number of fused-ring (bicyclic) bond motifs is 1. The lowest BCUT2D eigenvalue weighted by Crippen LogP contribution is -2.36. The van der Waals surface area contributed by atoms with Gasteiger partial charge < -0.3 is 30.7 Å². The van der Waals surface area contributed by atoms with E-state index < -0.39 is 0 Å². The second-order valence-electron chi connectivity index (χ2n) is 12.3. The lowest BCUT2D eigenvalue weighted by atomic mass is 10.0. The summed E-state index contributed by atoms with van der Waals surface area (Å²) in [5.41, 5.74) is 2.30. The van der Waals surface area contributed by atoms with E-state index in [2.05, 4.69) is 21.3 Å². The molecule has 1 unspecified atom stereocenters. The molecule has 2 saturated heterocycles. The number of halogens is 1. The fraction of sp³-hybridized carbons (Fsp3) is 0.529. The molecule has 1 aliphatic carbocycles. The van der Waals surface area contributed by atoms with Crippen LogP contribution in [0.2, 0.25) is 5.02 Å². The van der Waals surface area contributed by atoms with Crippen molar-refractivity contribution in [2.24, 2.45) is 5.92 Å². The van der Waals surface area contributed by atoms with Crippen molar-refractivity contribution in [3.63, 3.8) is 0 Å². The average molecular weight is 671 g/mol. The fourth-order valence-corrected chi connectivity index (χ4v) is 7.39. The van der Waals surface area contributed by atoms with E-state index in [1.165, 1.54) is 0 Å². The lowest BCUT2D eigenvalue weighted by Gasteiger charge is -2.16. The van der Waals surface area contributed by atoms with E-state index >= 15 is 0 Å². The van der Waals surface area contributed by atoms with Crippen LogP contribution in [0.25, 0.3) is 0 Å². The number of hydrogen-bond acceptors (Lipinski definition) is 7. The Kier molecular flexibility index (Phi) is 12.2. The molecule has 3 aliphatic rings. The van der Waals surface area contributed by atoms with Gasteiger partial charge in [0.2, 0.25) is 5.91 Å². The number of carbonyl (C=O) groups is 4. The number of nitrogens with one attached hydrogen (secondary N) is 4. The van der Waals surface area contributed by atoms with E-state index in [1.54, 1.807) is 36.4 Å². The molecule has 248 valence electrons. The Labute approximate surface area is 279 Å². The number of amides is 4. The van der Waals surface area contributed by atoms with Crippen LogP contribution in [0.5, 0.6) is 5.75 Å². The van der Waals surface area contributed by atoms with E-state index in [1.807, 2.05) is 18.7 Å². The highest BCUT2D eigenvalue weighted by atomic mass is 35.5. The maximum absolute atomic E-state index is 13.0. The number of anilines is 2. The van der Waals surface area contributed by atoms with E-state index in [0.717, 1.165) is 43.4 Å². The van der Waals surface area contributed by atoms with Crippen molar-refractivity contribution < 1.29 is 28.7 Å². The van der Waals surface area contributed by atoms with Crippen molar-refractivity contribution in [3.8, 4) is 5.75 Å². The van der Waals surface area contributed by atoms with E-state index in [-0.39, 0.29) is 42.3 Å². The lowest BCUT2D eigenvalue weighted by molar-refractivity contribution is -0.119. The van der Waals surface area contributed by atoms with Crippen LogP contribution < -0.4 is 26.0 Å². The number of rotatable bonds is 18. The molecule has 4 N–H and O–H groups in total. The first kappa shape index (κ1) is 34.1. The molecule has 4 amide bonds. The topological polar surface area (TPSA) is 135 Å². The maximum atomic E-state index is 13.0. The van der Waals surface area contributed by atoms with Crippen molar-refractivity contribution >= 4 is 58.4 Å². The number of ketones is 1. The summed E-state index contributed by atoms with van der Waals surface area (Å²) in [6.45, 7) is 2.91. The quantitative estimate of drug-likeness (QED) is 0.111. The van der Waals surface area contributed by atoms with Crippen LogP contribution in [0.15, 0.2) is 36.4 Å². The third-order valence-corrected chi connectivity index (χ3v) is 10.4. The SMILES string of the molecule is Cc1cc(NC(=O)c2ccc(OCCOCCCC(=O)CCCCC3SC[C@@H]4NC(=O)N[C@H]34)c(NC(=O)CC3CC3)c2)ccc1Cl. The first-order valence-corrected chi connectivity index (χ1v) is 17.6. The zero-order chi connectivity index (χ0) is 32.5. The molecule has 0 radical (unpaired) electrons. The van der Waals surface area contributed by atoms with Crippen molar-refractivity contribution in [1.29, 1.82) is 0 Å². The van der Waals surface area contributed by atoms with Gasteiger partial charge in [0, 0.05) is 53.1 Å². The molecule has 0 spiro atoms. The smallest absolute Gasteiger partial charge is 0.315 e. The van der Waals surface area contributed by atoms with Gasteiger partial charge >= 0.3 is 6.03 Å². The number of aryl methyl sites for hydroxylation is 1. The predicted octanol–water partition coefficient (Wildman–Crippen LogP) is 6.11. The van der Waals surface area contributed by atoms with Crippen LogP contribution in [0, 0.1) is 12.8 Å². The van der Waals surface area contributed by atoms with Crippen LogP contribution in [-0.2, 0) is 14.3 Å². The van der Waals surface area contributed by atoms with Crippen LogP contribution in [0.1, 0.15) is 73.7 Å². The van der Waals surface area contributed by atoms with E-state index in [0.29, 0.717) is 77.8 Å². The molecule has 1 saturated carbocycles. The van der Waals surface area contributed by atoms with Gasteiger partial charge in [0.25, 0.3) is 5.91 Å². The van der Waals surface area contributed by atoms with Gasteiger partial charge in [0.1, 0.15) is 18.1 Å². The van der Waals surface area contributed by atoms with Crippen molar-refractivity contribution in [2.45, 2.75) is 82.0 Å². The highest BCUT2D eigenvalue weighted by Crippen LogP contribution is 2.34. The molecule has 46 heavy (non-hydrogen) atoms. The predicted molar refractivity (Wildman–Crippen MR) is 181 cm³/mol. The molecule has 0 aromatic heterocycles. The molecule has 3 fully saturated rings. The Morgan fingerprint density at radius 2 is 1.80 bits per heavy atom. The molecule has 10 nitrogen and oxygen atoms in total. The summed E-state index contributed by atoms with van der Waals surface area (Å²) in [7, 11) is 0. The Morgan fingerprint density at radius 1 is 0.978 bits per heavy atom. The first-order chi connectivity index (χ1) is 22.2. The zero-order valence-electron chi connectivity index (χ0n) is 26.2. The number of urea groups is 1. The maximum Gasteiger partial charge on any atom is 0.315 e. The molecule has 5 rings (SSSR count). The summed E-state index contributed by atoms with van der Waals surface area (Å²) >= 11 is 8.00. The summed E-state index contributed by atoms with van der Waals surface area (Å²) < 4.78 is 11.6. The minimum absolute atomic E-state index is 0.0668. The fourth-order valence-electron chi connectivity index (χ4n) is 5.73. The monoisotopic (exact) mass is 670 g/mol. The number of unbranched alkanes of at least 4 members (excludes halogenated alkanes) is 1. The largest absolute Gasteiger partial charge is 0.489 e. The molecule has 3 atom stereocenters. The third-order valence-electron chi connectivity index (χ3n) is 8.46. The summed E-state index contributed by atoms with van der Waals surface area (Å²) in [5, 5.41) is 12.8. The van der Waals surface area contributed by atoms with Crippen LogP contribution >= 0.6 is 23.4 Å². The van der Waals surface area contributed by atoms with Crippen molar-refractivity contribution in [2.75, 3.05) is 36.2 Å². The number of Topliss-reactive ketones (excluding diaryl/α,β-unsaturated/α-hetero) is 1. The summed E-state index contributed by atoms with van der Waals surface area (Å²) in [6.07, 6.45) is 7.12. The highest BCUT2D eigenvalue weighted by molar-refractivity contribution is 8.00. The molecule has 2 aliphatic heterocycles. The minimum Gasteiger partial charge on any atom is -0.489 e. The Morgan fingerprint density at radius 3 is 2.61 bits per heavy atom. The number of ether oxygens (including phenoxy) is 2. The first-order valence-electron chi connectivity index (χ1n) is 16.2. The van der Waals surface area contributed by atoms with Gasteiger partial charge in [-0.05, 0) is 86.9 Å².